The Morgan fingerprint density at radius 3 is 2.46 bits per heavy atom. The SMILES string of the molecule is CCc1ccc(C(=O)NCc2ccc(C(=O)O)s2)cc1S(C)(=O)=O. The van der Waals surface area contributed by atoms with E-state index in [0.29, 0.717) is 16.9 Å². The van der Waals surface area contributed by atoms with Crippen LogP contribution in [0.3, 0.4) is 0 Å². The average molecular weight is 367 g/mol. The third-order valence-corrected chi connectivity index (χ3v) is 5.66. The number of hydrogen-bond acceptors (Lipinski definition) is 5. The van der Waals surface area contributed by atoms with Crippen molar-refractivity contribution < 1.29 is 23.1 Å². The predicted octanol–water partition coefficient (Wildman–Crippen LogP) is 2.34. The van der Waals surface area contributed by atoms with Crippen molar-refractivity contribution in [3.05, 3.63) is 51.2 Å². The zero-order valence-electron chi connectivity index (χ0n) is 13.2. The van der Waals surface area contributed by atoms with E-state index in [1.807, 2.05) is 6.92 Å². The van der Waals surface area contributed by atoms with Crippen molar-refractivity contribution >= 4 is 33.1 Å². The molecular weight excluding hydrogens is 350 g/mol. The van der Waals surface area contributed by atoms with E-state index in [4.69, 9.17) is 5.11 Å². The molecule has 0 bridgehead atoms. The van der Waals surface area contributed by atoms with Crippen LogP contribution in [0.1, 0.15) is 37.4 Å². The summed E-state index contributed by atoms with van der Waals surface area (Å²) in [6.07, 6.45) is 1.67. The zero-order valence-corrected chi connectivity index (χ0v) is 14.8. The summed E-state index contributed by atoms with van der Waals surface area (Å²) < 4.78 is 23.7. The summed E-state index contributed by atoms with van der Waals surface area (Å²) in [6, 6.07) is 7.71. The first-order valence-corrected chi connectivity index (χ1v) is 9.86. The van der Waals surface area contributed by atoms with Gasteiger partial charge >= 0.3 is 5.97 Å². The quantitative estimate of drug-likeness (QED) is 0.816. The highest BCUT2D eigenvalue weighted by molar-refractivity contribution is 7.90. The molecule has 0 atom stereocenters. The monoisotopic (exact) mass is 367 g/mol. The van der Waals surface area contributed by atoms with Gasteiger partial charge in [0.05, 0.1) is 11.4 Å². The highest BCUT2D eigenvalue weighted by atomic mass is 32.2. The Balaban J connectivity index is 2.16. The molecule has 0 saturated carbocycles. The normalized spacial score (nSPS) is 11.2. The number of benzene rings is 1. The number of carboxylic acids is 1. The predicted molar refractivity (Wildman–Crippen MR) is 91.4 cm³/mol. The second-order valence-corrected chi connectivity index (χ2v) is 8.35. The standard InChI is InChI=1S/C16H17NO5S2/c1-3-10-4-5-11(8-14(10)24(2,21)22)15(18)17-9-12-6-7-13(23-12)16(19)20/h4-8H,3,9H2,1-2H3,(H,17,18)(H,19,20). The lowest BCUT2D eigenvalue weighted by molar-refractivity contribution is 0.0702. The summed E-state index contributed by atoms with van der Waals surface area (Å²) >= 11 is 1.08. The van der Waals surface area contributed by atoms with Gasteiger partial charge in [0, 0.05) is 16.7 Å². The molecule has 0 spiro atoms. The number of rotatable bonds is 6. The summed E-state index contributed by atoms with van der Waals surface area (Å²) in [5, 5.41) is 11.5. The van der Waals surface area contributed by atoms with Crippen molar-refractivity contribution in [2.24, 2.45) is 0 Å². The highest BCUT2D eigenvalue weighted by Crippen LogP contribution is 2.19. The Morgan fingerprint density at radius 1 is 1.21 bits per heavy atom. The van der Waals surface area contributed by atoms with Gasteiger partial charge in [0.25, 0.3) is 5.91 Å². The molecule has 0 saturated heterocycles. The molecular formula is C16H17NO5S2. The molecule has 1 aromatic carbocycles. The topological polar surface area (TPSA) is 101 Å². The molecule has 24 heavy (non-hydrogen) atoms. The first-order valence-electron chi connectivity index (χ1n) is 7.15. The van der Waals surface area contributed by atoms with Crippen LogP contribution in [0.4, 0.5) is 0 Å². The van der Waals surface area contributed by atoms with Crippen LogP contribution in [-0.2, 0) is 22.8 Å². The number of sulfone groups is 1. The zero-order chi connectivity index (χ0) is 17.9. The van der Waals surface area contributed by atoms with E-state index in [-0.39, 0.29) is 21.9 Å². The second kappa shape index (κ2) is 7.14. The maximum absolute atomic E-state index is 12.2. The Morgan fingerprint density at radius 2 is 1.92 bits per heavy atom. The fourth-order valence-corrected chi connectivity index (χ4v) is 4.01. The van der Waals surface area contributed by atoms with Gasteiger partial charge < -0.3 is 10.4 Å². The molecule has 8 heteroatoms. The van der Waals surface area contributed by atoms with Crippen LogP contribution in [0, 0.1) is 0 Å². The van der Waals surface area contributed by atoms with Gasteiger partial charge in [-0.25, -0.2) is 13.2 Å². The smallest absolute Gasteiger partial charge is 0.345 e. The van der Waals surface area contributed by atoms with Gasteiger partial charge in [-0.3, -0.25) is 4.79 Å². The summed E-state index contributed by atoms with van der Waals surface area (Å²) in [5.74, 6) is -1.42. The first kappa shape index (κ1) is 18.2. The molecule has 1 heterocycles. The van der Waals surface area contributed by atoms with Crippen molar-refractivity contribution in [3.63, 3.8) is 0 Å². The van der Waals surface area contributed by atoms with Crippen LogP contribution >= 0.6 is 11.3 Å². The minimum absolute atomic E-state index is 0.155. The summed E-state index contributed by atoms with van der Waals surface area (Å²) in [4.78, 5) is 24.1. The number of hydrogen-bond donors (Lipinski definition) is 2. The highest BCUT2D eigenvalue weighted by Gasteiger charge is 2.16. The lowest BCUT2D eigenvalue weighted by Gasteiger charge is -2.09. The molecule has 1 amide bonds. The molecule has 1 aromatic heterocycles. The lowest BCUT2D eigenvalue weighted by Crippen LogP contribution is -2.22. The minimum atomic E-state index is -3.42. The van der Waals surface area contributed by atoms with Crippen LogP contribution in [0.5, 0.6) is 0 Å². The van der Waals surface area contributed by atoms with Gasteiger partial charge in [0.2, 0.25) is 0 Å². The summed E-state index contributed by atoms with van der Waals surface area (Å²) in [5.41, 5.74) is 0.918. The number of nitrogens with one attached hydrogen (secondary N) is 1. The molecule has 0 aliphatic carbocycles. The minimum Gasteiger partial charge on any atom is -0.477 e. The Hall–Kier alpha value is -2.19. The lowest BCUT2D eigenvalue weighted by atomic mass is 10.1. The van der Waals surface area contributed by atoms with Crippen LogP contribution < -0.4 is 5.32 Å². The number of carboxylic acid groups (broad SMARTS) is 1. The summed E-state index contributed by atoms with van der Waals surface area (Å²) in [7, 11) is -3.42. The van der Waals surface area contributed by atoms with Gasteiger partial charge in [-0.05, 0) is 36.2 Å². The van der Waals surface area contributed by atoms with Gasteiger partial charge in [-0.1, -0.05) is 13.0 Å². The molecule has 0 unspecified atom stereocenters. The van der Waals surface area contributed by atoms with E-state index in [9.17, 15) is 18.0 Å². The van der Waals surface area contributed by atoms with E-state index in [1.54, 1.807) is 18.2 Å². The molecule has 2 aromatic rings. The van der Waals surface area contributed by atoms with Gasteiger partial charge in [-0.15, -0.1) is 11.3 Å². The fraction of sp³-hybridized carbons (Fsp3) is 0.250. The molecule has 128 valence electrons. The Bertz CT molecular complexity index is 884. The molecule has 2 N–H and O–H groups in total. The first-order chi connectivity index (χ1) is 11.2. The second-order valence-electron chi connectivity index (χ2n) is 5.20. The van der Waals surface area contributed by atoms with E-state index >= 15 is 0 Å². The number of amides is 1. The van der Waals surface area contributed by atoms with Crippen molar-refractivity contribution in [2.45, 2.75) is 24.8 Å². The van der Waals surface area contributed by atoms with E-state index in [2.05, 4.69) is 5.32 Å². The number of carbonyl (C=O) groups is 2. The van der Waals surface area contributed by atoms with E-state index in [0.717, 1.165) is 17.6 Å². The van der Waals surface area contributed by atoms with Crippen molar-refractivity contribution in [2.75, 3.05) is 6.26 Å². The number of aromatic carboxylic acids is 1. The van der Waals surface area contributed by atoms with Crippen LogP contribution in [0.2, 0.25) is 0 Å². The van der Waals surface area contributed by atoms with Crippen LogP contribution in [0.15, 0.2) is 35.2 Å². The molecule has 0 fully saturated rings. The Kier molecular flexibility index (Phi) is 5.40. The van der Waals surface area contributed by atoms with Crippen molar-refractivity contribution in [1.29, 1.82) is 0 Å². The number of thiophene rings is 1. The molecule has 0 aliphatic rings. The van der Waals surface area contributed by atoms with Crippen molar-refractivity contribution in [1.82, 2.24) is 5.32 Å². The molecule has 6 nitrogen and oxygen atoms in total. The molecule has 2 rings (SSSR count). The van der Waals surface area contributed by atoms with E-state index in [1.165, 1.54) is 12.1 Å². The maximum Gasteiger partial charge on any atom is 0.345 e. The third kappa shape index (κ3) is 4.21. The van der Waals surface area contributed by atoms with Crippen LogP contribution in [0.25, 0.3) is 0 Å². The number of aryl methyl sites for hydroxylation is 1. The van der Waals surface area contributed by atoms with Crippen molar-refractivity contribution in [3.8, 4) is 0 Å². The summed E-state index contributed by atoms with van der Waals surface area (Å²) in [6.45, 7) is 2.03. The average Bonchev–Trinajstić information content (AvgIpc) is 3.00. The molecule has 0 aliphatic heterocycles. The van der Waals surface area contributed by atoms with Gasteiger partial charge in [0.15, 0.2) is 9.84 Å². The van der Waals surface area contributed by atoms with E-state index < -0.39 is 21.7 Å². The van der Waals surface area contributed by atoms with Gasteiger partial charge in [0.1, 0.15) is 4.88 Å². The number of carbonyl (C=O) groups excluding carboxylic acids is 1. The largest absolute Gasteiger partial charge is 0.477 e. The Labute approximate surface area is 144 Å². The maximum atomic E-state index is 12.2. The fourth-order valence-electron chi connectivity index (χ4n) is 2.19. The van der Waals surface area contributed by atoms with Crippen LogP contribution in [-0.4, -0.2) is 31.7 Å². The molecule has 0 radical (unpaired) electrons. The third-order valence-electron chi connectivity index (χ3n) is 3.41. The van der Waals surface area contributed by atoms with Gasteiger partial charge in [-0.2, -0.15) is 0 Å².